The summed E-state index contributed by atoms with van der Waals surface area (Å²) in [6, 6.07) is 7.11. The van der Waals surface area contributed by atoms with Gasteiger partial charge in [-0.25, -0.2) is 4.39 Å². The predicted octanol–water partition coefficient (Wildman–Crippen LogP) is 3.64. The Morgan fingerprint density at radius 1 is 1.29 bits per heavy atom. The molecule has 2 aromatic rings. The number of nitro benzene ring substituents is 1. The van der Waals surface area contributed by atoms with Gasteiger partial charge in [-0.15, -0.1) is 0 Å². The second kappa shape index (κ2) is 5.88. The van der Waals surface area contributed by atoms with Crippen molar-refractivity contribution in [2.45, 2.75) is 20.5 Å². The average molecular weight is 291 g/mol. The normalized spacial score (nSPS) is 10.5. The highest BCUT2D eigenvalue weighted by molar-refractivity contribution is 5.51. The maximum Gasteiger partial charge on any atom is 0.272 e. The molecule has 1 N–H and O–H groups in total. The van der Waals surface area contributed by atoms with Crippen LogP contribution in [0, 0.1) is 29.8 Å². The number of para-hydroxylation sites is 1. The summed E-state index contributed by atoms with van der Waals surface area (Å²) in [6.07, 6.45) is 0. The third-order valence-electron chi connectivity index (χ3n) is 3.12. The van der Waals surface area contributed by atoms with Gasteiger partial charge in [-0.2, -0.15) is 0 Å². The van der Waals surface area contributed by atoms with E-state index >= 15 is 0 Å². The molecule has 0 unspecified atom stereocenters. The summed E-state index contributed by atoms with van der Waals surface area (Å²) in [6.45, 7) is 2.86. The topological polar surface area (TPSA) is 72.6 Å². The molecule has 110 valence electrons. The molecule has 0 atom stereocenters. The maximum absolute atomic E-state index is 13.8. The first kappa shape index (κ1) is 14.9. The lowest BCUT2D eigenvalue weighted by Gasteiger charge is -2.13. The smallest absolute Gasteiger partial charge is 0.272 e. The Kier molecular flexibility index (Phi) is 4.18. The van der Waals surface area contributed by atoms with Crippen LogP contribution < -0.4 is 4.74 Å². The Morgan fingerprint density at radius 2 is 2.00 bits per heavy atom. The number of halogens is 1. The van der Waals surface area contributed by atoms with Crippen molar-refractivity contribution < 1.29 is 19.2 Å². The largest absolute Gasteiger partial charge is 0.454 e. The van der Waals surface area contributed by atoms with Crippen molar-refractivity contribution in [3.05, 3.63) is 63.0 Å². The first-order valence-corrected chi connectivity index (χ1v) is 6.25. The van der Waals surface area contributed by atoms with E-state index in [1.54, 1.807) is 19.9 Å². The molecule has 6 heteroatoms. The van der Waals surface area contributed by atoms with E-state index < -0.39 is 10.7 Å². The number of benzene rings is 2. The van der Waals surface area contributed by atoms with Crippen molar-refractivity contribution in [3.63, 3.8) is 0 Å². The SMILES string of the molecule is Cc1cc([N+](=O)[O-])c(C)cc1Oc1c(F)cccc1CO. The highest BCUT2D eigenvalue weighted by atomic mass is 19.1. The van der Waals surface area contributed by atoms with Crippen LogP contribution in [0.3, 0.4) is 0 Å². The molecule has 21 heavy (non-hydrogen) atoms. The molecule has 0 aromatic heterocycles. The monoisotopic (exact) mass is 291 g/mol. The van der Waals surface area contributed by atoms with E-state index in [0.29, 0.717) is 22.4 Å². The average Bonchev–Trinajstić information content (AvgIpc) is 2.44. The van der Waals surface area contributed by atoms with Crippen LogP contribution in [-0.2, 0) is 6.61 Å². The molecule has 0 fully saturated rings. The van der Waals surface area contributed by atoms with E-state index in [1.807, 2.05) is 0 Å². The number of nitro groups is 1. The van der Waals surface area contributed by atoms with Gasteiger partial charge in [-0.3, -0.25) is 10.1 Å². The van der Waals surface area contributed by atoms with Crippen molar-refractivity contribution in [3.8, 4) is 11.5 Å². The van der Waals surface area contributed by atoms with E-state index in [1.165, 1.54) is 24.3 Å². The fourth-order valence-corrected chi connectivity index (χ4v) is 1.98. The highest BCUT2D eigenvalue weighted by Crippen LogP contribution is 2.34. The number of aliphatic hydroxyl groups is 1. The molecule has 0 spiro atoms. The molecule has 0 radical (unpaired) electrons. The van der Waals surface area contributed by atoms with Gasteiger partial charge in [0.25, 0.3) is 5.69 Å². The Bertz CT molecular complexity index is 700. The number of hydrogen-bond donors (Lipinski definition) is 1. The van der Waals surface area contributed by atoms with Gasteiger partial charge in [-0.05, 0) is 31.5 Å². The van der Waals surface area contributed by atoms with E-state index in [4.69, 9.17) is 4.74 Å². The number of aliphatic hydroxyl groups excluding tert-OH is 1. The summed E-state index contributed by atoms with van der Waals surface area (Å²) >= 11 is 0. The Balaban J connectivity index is 2.46. The molecule has 5 nitrogen and oxygen atoms in total. The van der Waals surface area contributed by atoms with E-state index in [9.17, 15) is 19.6 Å². The first-order valence-electron chi connectivity index (χ1n) is 6.25. The third kappa shape index (κ3) is 3.00. The molecule has 0 saturated heterocycles. The lowest BCUT2D eigenvalue weighted by Crippen LogP contribution is -1.98. The van der Waals surface area contributed by atoms with Gasteiger partial charge in [0.05, 0.1) is 11.5 Å². The molecule has 0 aliphatic heterocycles. The van der Waals surface area contributed by atoms with E-state index in [0.717, 1.165) is 0 Å². The molecule has 2 aromatic carbocycles. The number of aryl methyl sites for hydroxylation is 2. The van der Waals surface area contributed by atoms with Crippen LogP contribution >= 0.6 is 0 Å². The predicted molar refractivity (Wildman–Crippen MR) is 75.0 cm³/mol. The van der Waals surface area contributed by atoms with Crippen LogP contribution in [0.4, 0.5) is 10.1 Å². The van der Waals surface area contributed by atoms with E-state index in [2.05, 4.69) is 0 Å². The Hall–Kier alpha value is -2.47. The van der Waals surface area contributed by atoms with Gasteiger partial charge in [0.2, 0.25) is 0 Å². The molecule has 0 amide bonds. The van der Waals surface area contributed by atoms with Crippen LogP contribution in [-0.4, -0.2) is 10.0 Å². The molecule has 0 heterocycles. The second-order valence-electron chi connectivity index (χ2n) is 4.65. The number of ether oxygens (including phenoxy) is 1. The highest BCUT2D eigenvalue weighted by Gasteiger charge is 2.17. The standard InChI is InChI=1S/C15H14FNO4/c1-9-7-14(10(2)6-13(9)17(19)20)21-15-11(8-18)4-3-5-12(15)16/h3-7,18H,8H2,1-2H3. The summed E-state index contributed by atoms with van der Waals surface area (Å²) in [5, 5.41) is 20.1. The molecule has 0 aliphatic carbocycles. The number of hydrogen-bond acceptors (Lipinski definition) is 4. The third-order valence-corrected chi connectivity index (χ3v) is 3.12. The van der Waals surface area contributed by atoms with Crippen molar-refractivity contribution >= 4 is 5.69 Å². The minimum Gasteiger partial charge on any atom is -0.454 e. The van der Waals surface area contributed by atoms with Crippen LogP contribution in [0.5, 0.6) is 11.5 Å². The summed E-state index contributed by atoms with van der Waals surface area (Å²) < 4.78 is 19.3. The van der Waals surface area contributed by atoms with Gasteiger partial charge in [0.15, 0.2) is 11.6 Å². The van der Waals surface area contributed by atoms with Gasteiger partial charge >= 0.3 is 0 Å². The quantitative estimate of drug-likeness (QED) is 0.689. The van der Waals surface area contributed by atoms with Gasteiger partial charge < -0.3 is 9.84 Å². The zero-order valence-electron chi connectivity index (χ0n) is 11.6. The Morgan fingerprint density at radius 3 is 2.62 bits per heavy atom. The number of nitrogens with zero attached hydrogens (tertiary/aromatic N) is 1. The maximum atomic E-state index is 13.8. The lowest BCUT2D eigenvalue weighted by molar-refractivity contribution is -0.385. The molecule has 2 rings (SSSR count). The van der Waals surface area contributed by atoms with Gasteiger partial charge in [0.1, 0.15) is 5.75 Å². The summed E-state index contributed by atoms with van der Waals surface area (Å²) in [7, 11) is 0. The fourth-order valence-electron chi connectivity index (χ4n) is 1.98. The zero-order valence-corrected chi connectivity index (χ0v) is 11.6. The molecular formula is C15H14FNO4. The van der Waals surface area contributed by atoms with Gasteiger partial charge in [-0.1, -0.05) is 12.1 Å². The van der Waals surface area contributed by atoms with Gasteiger partial charge in [0, 0.05) is 17.2 Å². The second-order valence-corrected chi connectivity index (χ2v) is 4.65. The molecular weight excluding hydrogens is 277 g/mol. The zero-order chi connectivity index (χ0) is 15.6. The molecule has 0 bridgehead atoms. The van der Waals surface area contributed by atoms with Crippen molar-refractivity contribution in [2.75, 3.05) is 0 Å². The van der Waals surface area contributed by atoms with Crippen molar-refractivity contribution in [1.29, 1.82) is 0 Å². The van der Waals surface area contributed by atoms with Crippen molar-refractivity contribution in [2.24, 2.45) is 0 Å². The summed E-state index contributed by atoms with van der Waals surface area (Å²) in [5.41, 5.74) is 1.23. The van der Waals surface area contributed by atoms with Crippen LogP contribution in [0.15, 0.2) is 30.3 Å². The van der Waals surface area contributed by atoms with E-state index in [-0.39, 0.29) is 18.0 Å². The fraction of sp³-hybridized carbons (Fsp3) is 0.200. The minimum atomic E-state index is -0.600. The summed E-state index contributed by atoms with van der Waals surface area (Å²) in [4.78, 5) is 10.4. The summed E-state index contributed by atoms with van der Waals surface area (Å²) in [5.74, 6) is -0.355. The molecule has 0 aliphatic rings. The van der Waals surface area contributed by atoms with Crippen molar-refractivity contribution in [1.82, 2.24) is 0 Å². The minimum absolute atomic E-state index is 0.0178. The lowest BCUT2D eigenvalue weighted by atomic mass is 10.1. The molecule has 0 saturated carbocycles. The van der Waals surface area contributed by atoms with Crippen LogP contribution in [0.25, 0.3) is 0 Å². The first-order chi connectivity index (χ1) is 9.93. The number of rotatable bonds is 4. The Labute approximate surface area is 120 Å². The van der Waals surface area contributed by atoms with Crippen LogP contribution in [0.1, 0.15) is 16.7 Å². The van der Waals surface area contributed by atoms with Crippen LogP contribution in [0.2, 0.25) is 0 Å².